The summed E-state index contributed by atoms with van der Waals surface area (Å²) in [7, 11) is 1.69. The molecule has 5 heteroatoms. The van der Waals surface area contributed by atoms with Crippen molar-refractivity contribution >= 4 is 11.0 Å². The first-order valence-corrected chi connectivity index (χ1v) is 8.79. The summed E-state index contributed by atoms with van der Waals surface area (Å²) in [5.74, 6) is 0.890. The Hall–Kier alpha value is -2.53. The molecule has 0 spiro atoms. The van der Waals surface area contributed by atoms with E-state index in [1.807, 2.05) is 41.0 Å². The van der Waals surface area contributed by atoms with Gasteiger partial charge in [-0.05, 0) is 42.7 Å². The van der Waals surface area contributed by atoms with Crippen molar-refractivity contribution in [3.05, 3.63) is 64.6 Å². The van der Waals surface area contributed by atoms with Crippen molar-refractivity contribution in [1.29, 1.82) is 0 Å². The maximum atomic E-state index is 12.4. The molecular weight excluding hydrogens is 314 g/mol. The van der Waals surface area contributed by atoms with Crippen LogP contribution in [0, 0.1) is 0 Å². The first kappa shape index (κ1) is 16.0. The Balaban J connectivity index is 1.44. The molecule has 25 heavy (non-hydrogen) atoms. The number of hydrogen-bond donors (Lipinski definition) is 1. The van der Waals surface area contributed by atoms with Gasteiger partial charge in [-0.2, -0.15) is 0 Å². The second kappa shape index (κ2) is 6.76. The van der Waals surface area contributed by atoms with Gasteiger partial charge in [0.15, 0.2) is 0 Å². The van der Waals surface area contributed by atoms with Crippen molar-refractivity contribution in [3.63, 3.8) is 0 Å². The number of fused-ring (bicyclic) bond motifs is 1. The second-order valence-electron chi connectivity index (χ2n) is 6.67. The van der Waals surface area contributed by atoms with E-state index in [1.54, 1.807) is 7.11 Å². The average Bonchev–Trinajstić information content (AvgIpc) is 2.99. The maximum Gasteiger partial charge on any atom is 0.326 e. The summed E-state index contributed by atoms with van der Waals surface area (Å²) in [5.41, 5.74) is 3.24. The second-order valence-corrected chi connectivity index (χ2v) is 6.67. The van der Waals surface area contributed by atoms with Crippen molar-refractivity contribution in [2.45, 2.75) is 25.4 Å². The minimum Gasteiger partial charge on any atom is -0.497 e. The van der Waals surface area contributed by atoms with E-state index in [0.29, 0.717) is 0 Å². The van der Waals surface area contributed by atoms with Crippen LogP contribution in [0.25, 0.3) is 11.0 Å². The highest BCUT2D eigenvalue weighted by Crippen LogP contribution is 2.25. The molecule has 0 unspecified atom stereocenters. The molecule has 1 saturated heterocycles. The van der Waals surface area contributed by atoms with Crippen LogP contribution in [0.3, 0.4) is 0 Å². The van der Waals surface area contributed by atoms with Gasteiger partial charge in [0, 0.05) is 25.7 Å². The number of methoxy groups -OCH3 is 1. The van der Waals surface area contributed by atoms with Gasteiger partial charge in [-0.1, -0.05) is 24.3 Å². The molecule has 2 heterocycles. The minimum absolute atomic E-state index is 0.00908. The largest absolute Gasteiger partial charge is 0.497 e. The number of H-pyrrole nitrogens is 1. The number of aromatic nitrogens is 2. The van der Waals surface area contributed by atoms with Gasteiger partial charge in [-0.15, -0.1) is 0 Å². The van der Waals surface area contributed by atoms with Crippen molar-refractivity contribution in [3.8, 4) is 5.75 Å². The lowest BCUT2D eigenvalue weighted by molar-refractivity contribution is 0.180. The third kappa shape index (κ3) is 3.20. The third-order valence-corrected chi connectivity index (χ3v) is 5.11. The molecule has 0 aliphatic carbocycles. The van der Waals surface area contributed by atoms with Crippen LogP contribution < -0.4 is 10.4 Å². The molecule has 3 aromatic rings. The van der Waals surface area contributed by atoms with E-state index in [2.05, 4.69) is 22.0 Å². The predicted octanol–water partition coefficient (Wildman–Crippen LogP) is 3.18. The van der Waals surface area contributed by atoms with E-state index in [0.717, 1.165) is 49.3 Å². The summed E-state index contributed by atoms with van der Waals surface area (Å²) < 4.78 is 7.16. The van der Waals surface area contributed by atoms with E-state index in [4.69, 9.17) is 4.74 Å². The highest BCUT2D eigenvalue weighted by atomic mass is 16.5. The van der Waals surface area contributed by atoms with Crippen molar-refractivity contribution in [1.82, 2.24) is 14.5 Å². The number of aromatic amines is 1. The topological polar surface area (TPSA) is 50.3 Å². The first-order chi connectivity index (χ1) is 12.2. The van der Waals surface area contributed by atoms with Crippen LogP contribution in [0.2, 0.25) is 0 Å². The molecule has 1 fully saturated rings. The normalized spacial score (nSPS) is 16.4. The van der Waals surface area contributed by atoms with Crippen LogP contribution >= 0.6 is 0 Å². The number of hydrogen-bond acceptors (Lipinski definition) is 3. The Morgan fingerprint density at radius 2 is 1.80 bits per heavy atom. The fraction of sp³-hybridized carbons (Fsp3) is 0.350. The van der Waals surface area contributed by atoms with E-state index < -0.39 is 0 Å². The lowest BCUT2D eigenvalue weighted by Crippen LogP contribution is -2.36. The summed E-state index contributed by atoms with van der Waals surface area (Å²) in [6, 6.07) is 16.5. The molecule has 1 aliphatic rings. The number of para-hydroxylation sites is 2. The molecule has 130 valence electrons. The van der Waals surface area contributed by atoms with Gasteiger partial charge in [0.1, 0.15) is 5.75 Å². The number of imidazole rings is 1. The van der Waals surface area contributed by atoms with Crippen LogP contribution in [-0.4, -0.2) is 34.7 Å². The fourth-order valence-corrected chi connectivity index (χ4v) is 3.76. The van der Waals surface area contributed by atoms with Gasteiger partial charge in [0.05, 0.1) is 18.1 Å². The number of nitrogens with zero attached hydrogens (tertiary/aromatic N) is 2. The van der Waals surface area contributed by atoms with Crippen molar-refractivity contribution < 1.29 is 4.74 Å². The Morgan fingerprint density at radius 1 is 1.08 bits per heavy atom. The molecule has 0 radical (unpaired) electrons. The maximum absolute atomic E-state index is 12.4. The minimum atomic E-state index is 0.00908. The van der Waals surface area contributed by atoms with Crippen molar-refractivity contribution in [2.75, 3.05) is 20.2 Å². The highest BCUT2D eigenvalue weighted by Gasteiger charge is 2.23. The van der Waals surface area contributed by atoms with Gasteiger partial charge >= 0.3 is 5.69 Å². The Kier molecular flexibility index (Phi) is 4.32. The number of likely N-dealkylation sites (tertiary alicyclic amines) is 1. The molecule has 1 aliphatic heterocycles. The molecule has 0 saturated carbocycles. The van der Waals surface area contributed by atoms with Gasteiger partial charge in [-0.3, -0.25) is 9.47 Å². The number of rotatable bonds is 4. The predicted molar refractivity (Wildman–Crippen MR) is 99.1 cm³/mol. The molecule has 4 rings (SSSR count). The molecule has 1 aromatic heterocycles. The van der Waals surface area contributed by atoms with Gasteiger partial charge in [-0.25, -0.2) is 4.79 Å². The quantitative estimate of drug-likeness (QED) is 0.795. The van der Waals surface area contributed by atoms with Gasteiger partial charge < -0.3 is 9.72 Å². The summed E-state index contributed by atoms with van der Waals surface area (Å²) in [6.07, 6.45) is 2.00. The number of piperidine rings is 1. The zero-order valence-corrected chi connectivity index (χ0v) is 14.4. The molecular formula is C20H23N3O2. The van der Waals surface area contributed by atoms with Crippen LogP contribution in [0.15, 0.2) is 53.3 Å². The summed E-state index contributed by atoms with van der Waals surface area (Å²) in [5, 5.41) is 0. The fourth-order valence-electron chi connectivity index (χ4n) is 3.76. The van der Waals surface area contributed by atoms with Crippen molar-refractivity contribution in [2.24, 2.45) is 0 Å². The zero-order valence-electron chi connectivity index (χ0n) is 14.4. The van der Waals surface area contributed by atoms with Crippen LogP contribution in [0.1, 0.15) is 24.4 Å². The van der Waals surface area contributed by atoms with E-state index in [1.165, 1.54) is 5.56 Å². The first-order valence-electron chi connectivity index (χ1n) is 8.79. The standard InChI is InChI=1S/C20H23N3O2/c1-25-17-8-6-15(7-9-17)14-22-12-10-16(11-13-22)23-19-5-3-2-4-18(19)21-20(23)24/h2-9,16H,10-14H2,1H3,(H,21,24). The zero-order chi connectivity index (χ0) is 17.2. The molecule has 2 aromatic carbocycles. The van der Waals surface area contributed by atoms with Crippen LogP contribution in [0.5, 0.6) is 5.75 Å². The molecule has 0 atom stereocenters. The number of benzene rings is 2. The van der Waals surface area contributed by atoms with Gasteiger partial charge in [0.2, 0.25) is 0 Å². The highest BCUT2D eigenvalue weighted by molar-refractivity contribution is 5.75. The SMILES string of the molecule is COc1ccc(CN2CCC(n3c(=O)[nH]c4ccccc43)CC2)cc1. The molecule has 0 bridgehead atoms. The van der Waals surface area contributed by atoms with E-state index >= 15 is 0 Å². The Bertz CT molecular complexity index is 903. The smallest absolute Gasteiger partial charge is 0.326 e. The monoisotopic (exact) mass is 337 g/mol. The van der Waals surface area contributed by atoms with Gasteiger partial charge in [0.25, 0.3) is 0 Å². The van der Waals surface area contributed by atoms with E-state index in [-0.39, 0.29) is 11.7 Å². The van der Waals surface area contributed by atoms with Crippen LogP contribution in [0.4, 0.5) is 0 Å². The summed E-state index contributed by atoms with van der Waals surface area (Å²) in [4.78, 5) is 17.8. The summed E-state index contributed by atoms with van der Waals surface area (Å²) in [6.45, 7) is 2.95. The van der Waals surface area contributed by atoms with Crippen LogP contribution in [-0.2, 0) is 6.54 Å². The Morgan fingerprint density at radius 3 is 2.52 bits per heavy atom. The number of nitrogens with one attached hydrogen (secondary N) is 1. The lowest BCUT2D eigenvalue weighted by atomic mass is 10.0. The molecule has 0 amide bonds. The third-order valence-electron chi connectivity index (χ3n) is 5.11. The number of ether oxygens (including phenoxy) is 1. The Labute approximate surface area is 146 Å². The van der Waals surface area contributed by atoms with E-state index in [9.17, 15) is 4.79 Å². The molecule has 5 nitrogen and oxygen atoms in total. The molecule has 1 N–H and O–H groups in total. The average molecular weight is 337 g/mol. The summed E-state index contributed by atoms with van der Waals surface area (Å²) >= 11 is 0. The lowest BCUT2D eigenvalue weighted by Gasteiger charge is -2.32.